The van der Waals surface area contributed by atoms with E-state index in [0.29, 0.717) is 6.42 Å². The molecule has 0 fully saturated rings. The van der Waals surface area contributed by atoms with Crippen molar-refractivity contribution in [3.05, 3.63) is 72.9 Å². The van der Waals surface area contributed by atoms with Crippen molar-refractivity contribution >= 4 is 19.7 Å². The minimum Gasteiger partial charge on any atom is -0.463 e. The molecule has 0 aliphatic heterocycles. The summed E-state index contributed by atoms with van der Waals surface area (Å²) in [6.07, 6.45) is 48.3. The number of phosphoric ester groups is 1. The minimum atomic E-state index is -4.43. The van der Waals surface area contributed by atoms with Gasteiger partial charge in [-0.05, 0) is 83.5 Å². The Morgan fingerprint density at radius 1 is 0.593 bits per heavy atom. The molecule has 1 amide bonds. The average molecular weight is 778 g/mol. The number of hydrogen-bond acceptors (Lipinski definition) is 7. The molecular weight excluding hydrogens is 701 g/mol. The van der Waals surface area contributed by atoms with Crippen molar-refractivity contribution in [1.29, 1.82) is 0 Å². The number of rotatable bonds is 38. The number of allylic oxidation sites excluding steroid dienone is 12. The third kappa shape index (κ3) is 40.6. The van der Waals surface area contributed by atoms with Crippen molar-refractivity contribution in [3.63, 3.8) is 0 Å². The number of carbonyl (C=O) groups excluding carboxylic acids is 2. The van der Waals surface area contributed by atoms with Crippen LogP contribution in [0.1, 0.15) is 162 Å². The maximum absolute atomic E-state index is 12.1. The zero-order valence-corrected chi connectivity index (χ0v) is 34.8. The highest BCUT2D eigenvalue weighted by atomic mass is 31.2. The second kappa shape index (κ2) is 40.1. The van der Waals surface area contributed by atoms with Gasteiger partial charge in [-0.3, -0.25) is 18.6 Å². The highest BCUT2D eigenvalue weighted by Crippen LogP contribution is 2.42. The summed E-state index contributed by atoms with van der Waals surface area (Å²) in [5.74, 6) is -0.564. The van der Waals surface area contributed by atoms with Crippen LogP contribution in [0.4, 0.5) is 0 Å². The molecule has 0 aliphatic rings. The molecule has 0 saturated carbocycles. The lowest BCUT2D eigenvalue weighted by atomic mass is 10.1. The fourth-order valence-electron chi connectivity index (χ4n) is 5.22. The number of hydrogen-bond donors (Lipinski definition) is 3. The number of carbonyl (C=O) groups is 2. The van der Waals surface area contributed by atoms with E-state index in [2.05, 4.69) is 92.1 Å². The summed E-state index contributed by atoms with van der Waals surface area (Å²) in [5, 5.41) is 12.7. The SMILES string of the molecule is CC/C=C\C/C=C\C/C=C\C/C=C\C/C=C\CCCCCC(=O)NCCOP(=O)(O)OCC(O)COC(=O)CCCCCCC/C=C\CCCCCCC. The van der Waals surface area contributed by atoms with Crippen LogP contribution in [0.5, 0.6) is 0 Å². The van der Waals surface area contributed by atoms with E-state index in [-0.39, 0.29) is 32.1 Å². The Bertz CT molecular complexity index is 1110. The van der Waals surface area contributed by atoms with Gasteiger partial charge in [-0.1, -0.05) is 138 Å². The molecule has 0 rings (SSSR count). The predicted molar refractivity (Wildman–Crippen MR) is 224 cm³/mol. The van der Waals surface area contributed by atoms with Gasteiger partial charge in [0.05, 0.1) is 13.2 Å². The molecule has 10 heteroatoms. The largest absolute Gasteiger partial charge is 0.472 e. The van der Waals surface area contributed by atoms with Crippen LogP contribution in [0.3, 0.4) is 0 Å². The van der Waals surface area contributed by atoms with Gasteiger partial charge in [-0.15, -0.1) is 0 Å². The monoisotopic (exact) mass is 778 g/mol. The van der Waals surface area contributed by atoms with Crippen molar-refractivity contribution < 1.29 is 37.9 Å². The van der Waals surface area contributed by atoms with Crippen LogP contribution >= 0.6 is 7.82 Å². The van der Waals surface area contributed by atoms with Gasteiger partial charge in [-0.25, -0.2) is 4.57 Å². The quantitative estimate of drug-likeness (QED) is 0.0244. The van der Waals surface area contributed by atoms with E-state index >= 15 is 0 Å². The number of aliphatic hydroxyl groups is 1. The predicted octanol–water partition coefficient (Wildman–Crippen LogP) is 11.5. The van der Waals surface area contributed by atoms with Crippen molar-refractivity contribution in [2.75, 3.05) is 26.4 Å². The van der Waals surface area contributed by atoms with E-state index in [1.165, 1.54) is 38.5 Å². The third-order valence-corrected chi connectivity index (χ3v) is 9.35. The van der Waals surface area contributed by atoms with Crippen LogP contribution in [0.2, 0.25) is 0 Å². The van der Waals surface area contributed by atoms with Crippen LogP contribution in [0.25, 0.3) is 0 Å². The molecule has 0 bridgehead atoms. The molecule has 0 aromatic heterocycles. The van der Waals surface area contributed by atoms with Crippen molar-refractivity contribution in [1.82, 2.24) is 5.32 Å². The molecule has 0 aliphatic carbocycles. The Balaban J connectivity index is 3.70. The maximum Gasteiger partial charge on any atom is 0.472 e. The van der Waals surface area contributed by atoms with Gasteiger partial charge in [0.15, 0.2) is 0 Å². The fraction of sp³-hybridized carbons (Fsp3) is 0.682. The minimum absolute atomic E-state index is 0.0588. The van der Waals surface area contributed by atoms with Crippen LogP contribution in [0, 0.1) is 0 Å². The standard InChI is InChI=1S/C44H76NO8P/c1-3-5-7-9-11-13-15-17-19-20-21-22-23-24-26-28-30-32-34-36-43(47)45-38-39-52-54(49,50)53-41-42(46)40-51-44(48)37-35-33-31-29-27-25-18-16-14-12-10-8-6-4-2/h5,7,11,13,16-19,21-22,24,26,42,46H,3-4,6,8-10,12,14-15,20,23,25,27-41H2,1-2H3,(H,45,47)(H,49,50)/b7-5-,13-11-,18-16-,19-17-,22-21-,26-24-. The smallest absolute Gasteiger partial charge is 0.463 e. The molecule has 0 aromatic rings. The first kappa shape index (κ1) is 51.5. The summed E-state index contributed by atoms with van der Waals surface area (Å²) in [5.41, 5.74) is 0. The molecule has 9 nitrogen and oxygen atoms in total. The lowest BCUT2D eigenvalue weighted by Crippen LogP contribution is -2.27. The summed E-state index contributed by atoms with van der Waals surface area (Å²) in [4.78, 5) is 33.9. The number of amides is 1. The van der Waals surface area contributed by atoms with Gasteiger partial charge in [-0.2, -0.15) is 0 Å². The lowest BCUT2D eigenvalue weighted by molar-refractivity contribution is -0.147. The molecule has 54 heavy (non-hydrogen) atoms. The first-order valence-electron chi connectivity index (χ1n) is 20.9. The number of esters is 1. The van der Waals surface area contributed by atoms with Crippen molar-refractivity contribution in [2.45, 2.75) is 168 Å². The molecule has 0 radical (unpaired) electrons. The molecule has 0 aromatic carbocycles. The molecule has 2 unspecified atom stereocenters. The molecule has 0 saturated heterocycles. The summed E-state index contributed by atoms with van der Waals surface area (Å²) < 4.78 is 26.8. The van der Waals surface area contributed by atoms with E-state index in [1.54, 1.807) is 0 Å². The topological polar surface area (TPSA) is 131 Å². The molecular formula is C44H76NO8P. The van der Waals surface area contributed by atoms with Gasteiger partial charge in [0, 0.05) is 19.4 Å². The maximum atomic E-state index is 12.1. The van der Waals surface area contributed by atoms with Crippen LogP contribution < -0.4 is 5.32 Å². The molecule has 310 valence electrons. The van der Waals surface area contributed by atoms with Gasteiger partial charge in [0.25, 0.3) is 0 Å². The van der Waals surface area contributed by atoms with Gasteiger partial charge < -0.3 is 20.1 Å². The van der Waals surface area contributed by atoms with E-state index in [0.717, 1.165) is 96.3 Å². The average Bonchev–Trinajstić information content (AvgIpc) is 3.16. The summed E-state index contributed by atoms with van der Waals surface area (Å²) in [6, 6.07) is 0. The van der Waals surface area contributed by atoms with E-state index in [9.17, 15) is 24.2 Å². The first-order valence-corrected chi connectivity index (χ1v) is 22.4. The Hall–Kier alpha value is -2.55. The second-order valence-corrected chi connectivity index (χ2v) is 15.0. The Labute approximate surface area is 329 Å². The van der Waals surface area contributed by atoms with E-state index in [1.807, 2.05) is 0 Å². The molecule has 2 atom stereocenters. The zero-order valence-electron chi connectivity index (χ0n) is 33.9. The first-order chi connectivity index (χ1) is 26.3. The van der Waals surface area contributed by atoms with Gasteiger partial charge in [0.2, 0.25) is 5.91 Å². The second-order valence-electron chi connectivity index (χ2n) is 13.6. The van der Waals surface area contributed by atoms with Crippen LogP contribution in [0.15, 0.2) is 72.9 Å². The third-order valence-electron chi connectivity index (χ3n) is 8.37. The van der Waals surface area contributed by atoms with Crippen molar-refractivity contribution in [2.24, 2.45) is 0 Å². The summed E-state index contributed by atoms with van der Waals surface area (Å²) >= 11 is 0. The van der Waals surface area contributed by atoms with Gasteiger partial charge >= 0.3 is 13.8 Å². The highest BCUT2D eigenvalue weighted by Gasteiger charge is 2.23. The van der Waals surface area contributed by atoms with Crippen LogP contribution in [-0.2, 0) is 27.9 Å². The molecule has 3 N–H and O–H groups in total. The lowest BCUT2D eigenvalue weighted by Gasteiger charge is -2.15. The zero-order chi connectivity index (χ0) is 39.6. The molecule has 0 heterocycles. The number of ether oxygens (including phenoxy) is 1. The summed E-state index contributed by atoms with van der Waals surface area (Å²) in [7, 11) is -4.43. The number of phosphoric acid groups is 1. The Kier molecular flexibility index (Phi) is 38.2. The normalized spacial score (nSPS) is 14.1. The number of aliphatic hydroxyl groups excluding tert-OH is 1. The van der Waals surface area contributed by atoms with Crippen molar-refractivity contribution in [3.8, 4) is 0 Å². The van der Waals surface area contributed by atoms with Gasteiger partial charge in [0.1, 0.15) is 12.7 Å². The fourth-order valence-corrected chi connectivity index (χ4v) is 5.98. The summed E-state index contributed by atoms with van der Waals surface area (Å²) in [6.45, 7) is 3.36. The van der Waals surface area contributed by atoms with Crippen LogP contribution in [-0.4, -0.2) is 54.3 Å². The Morgan fingerprint density at radius 2 is 1.06 bits per heavy atom. The number of nitrogens with one attached hydrogen (secondary N) is 1. The van der Waals surface area contributed by atoms with E-state index in [4.69, 9.17) is 13.8 Å². The molecule has 0 spiro atoms. The highest BCUT2D eigenvalue weighted by molar-refractivity contribution is 7.47. The number of unbranched alkanes of at least 4 members (excludes halogenated alkanes) is 13. The Morgan fingerprint density at radius 3 is 1.63 bits per heavy atom. The van der Waals surface area contributed by atoms with E-state index < -0.39 is 26.5 Å².